The highest BCUT2D eigenvalue weighted by Crippen LogP contribution is 2.28. The Hall–Kier alpha value is -3.68. The number of anilines is 2. The number of aromatic nitrogens is 1. The number of nitrogens with zero attached hydrogens (tertiary/aromatic N) is 2. The Morgan fingerprint density at radius 2 is 2.00 bits per heavy atom. The van der Waals surface area contributed by atoms with Crippen molar-refractivity contribution in [2.75, 3.05) is 23.4 Å². The molecule has 1 saturated heterocycles. The van der Waals surface area contributed by atoms with Gasteiger partial charge in [-0.15, -0.1) is 0 Å². The second kappa shape index (κ2) is 7.38. The molecule has 1 N–H and O–H groups in total. The van der Waals surface area contributed by atoms with Gasteiger partial charge in [-0.1, -0.05) is 18.2 Å². The largest absolute Gasteiger partial charge is 0.447 e. The molecule has 8 heteroatoms. The number of aryl methyl sites for hydroxylation is 2. The summed E-state index contributed by atoms with van der Waals surface area (Å²) < 4.78 is 24.5. The first-order valence-electron chi connectivity index (χ1n) is 9.02. The molecule has 0 unspecified atom stereocenters. The lowest BCUT2D eigenvalue weighted by Gasteiger charge is -2.15. The molecule has 3 aromatic rings. The first-order valence-corrected chi connectivity index (χ1v) is 9.02. The van der Waals surface area contributed by atoms with Crippen LogP contribution in [0, 0.1) is 19.7 Å². The van der Waals surface area contributed by atoms with Gasteiger partial charge in [-0.05, 0) is 43.7 Å². The number of carbonyl (C=O) groups excluding carboxylic acids is 2. The van der Waals surface area contributed by atoms with Crippen molar-refractivity contribution in [1.29, 1.82) is 0 Å². The number of nitrogens with one attached hydrogen (secondary N) is 1. The number of hydrogen-bond acceptors (Lipinski definition) is 5. The molecule has 0 atom stereocenters. The number of hydrogen-bond donors (Lipinski definition) is 1. The average molecular weight is 395 g/mol. The van der Waals surface area contributed by atoms with Crippen molar-refractivity contribution in [3.63, 3.8) is 0 Å². The van der Waals surface area contributed by atoms with Crippen LogP contribution in [0.5, 0.6) is 0 Å². The lowest BCUT2D eigenvalue weighted by molar-refractivity contribution is 0.102. The summed E-state index contributed by atoms with van der Waals surface area (Å²) in [5, 5.41) is 2.79. The number of oxazole rings is 1. The van der Waals surface area contributed by atoms with Crippen molar-refractivity contribution >= 4 is 23.4 Å². The maximum atomic E-state index is 14.0. The van der Waals surface area contributed by atoms with Gasteiger partial charge in [-0.2, -0.15) is 0 Å². The molecule has 2 heterocycles. The standard InChI is InChI=1S/C21H18FN3O4/c1-12-7-8-14(25-9-10-28-21(25)27)11-17(12)23-19(26)18-13(2)29-20(24-18)15-5-3-4-6-16(15)22/h3-8,11H,9-10H2,1-2H3,(H,23,26). The third-order valence-corrected chi connectivity index (χ3v) is 4.66. The van der Waals surface area contributed by atoms with Crippen LogP contribution in [-0.4, -0.2) is 30.1 Å². The zero-order valence-corrected chi connectivity index (χ0v) is 15.9. The number of benzene rings is 2. The van der Waals surface area contributed by atoms with E-state index in [1.807, 2.05) is 6.92 Å². The summed E-state index contributed by atoms with van der Waals surface area (Å²) in [5.41, 5.74) is 2.21. The highest BCUT2D eigenvalue weighted by Gasteiger charge is 2.25. The van der Waals surface area contributed by atoms with Gasteiger partial charge in [-0.3, -0.25) is 9.69 Å². The smallest absolute Gasteiger partial charge is 0.414 e. The van der Waals surface area contributed by atoms with Crippen LogP contribution < -0.4 is 10.2 Å². The van der Waals surface area contributed by atoms with Gasteiger partial charge in [0, 0.05) is 11.4 Å². The Morgan fingerprint density at radius 1 is 1.21 bits per heavy atom. The van der Waals surface area contributed by atoms with E-state index in [0.29, 0.717) is 24.5 Å². The fourth-order valence-corrected chi connectivity index (χ4v) is 3.08. The van der Waals surface area contributed by atoms with Crippen molar-refractivity contribution in [2.45, 2.75) is 13.8 Å². The van der Waals surface area contributed by atoms with Crippen LogP contribution in [0.2, 0.25) is 0 Å². The predicted octanol–water partition coefficient (Wildman–Crippen LogP) is 4.31. The first-order chi connectivity index (χ1) is 13.9. The van der Waals surface area contributed by atoms with Crippen LogP contribution in [0.3, 0.4) is 0 Å². The van der Waals surface area contributed by atoms with Crippen LogP contribution in [0.15, 0.2) is 46.9 Å². The van der Waals surface area contributed by atoms with Crippen LogP contribution in [0.25, 0.3) is 11.5 Å². The number of ether oxygens (including phenoxy) is 1. The molecule has 0 saturated carbocycles. The van der Waals surface area contributed by atoms with Gasteiger partial charge in [0.25, 0.3) is 5.91 Å². The van der Waals surface area contributed by atoms with Crippen molar-refractivity contribution in [3.8, 4) is 11.5 Å². The number of carbonyl (C=O) groups is 2. The summed E-state index contributed by atoms with van der Waals surface area (Å²) in [4.78, 5) is 30.2. The van der Waals surface area contributed by atoms with Gasteiger partial charge in [0.05, 0.1) is 12.1 Å². The predicted molar refractivity (Wildman–Crippen MR) is 104 cm³/mol. The summed E-state index contributed by atoms with van der Waals surface area (Å²) >= 11 is 0. The summed E-state index contributed by atoms with van der Waals surface area (Å²) in [6.45, 7) is 4.20. The first kappa shape index (κ1) is 18.7. The minimum Gasteiger partial charge on any atom is -0.447 e. The molecule has 2 aromatic carbocycles. The summed E-state index contributed by atoms with van der Waals surface area (Å²) in [6.07, 6.45) is -0.423. The van der Waals surface area contributed by atoms with Gasteiger partial charge in [-0.25, -0.2) is 14.2 Å². The SMILES string of the molecule is Cc1ccc(N2CCOC2=O)cc1NC(=O)c1nc(-c2ccccc2F)oc1C. The lowest BCUT2D eigenvalue weighted by atomic mass is 10.1. The summed E-state index contributed by atoms with van der Waals surface area (Å²) in [7, 11) is 0. The molecule has 0 radical (unpaired) electrons. The Balaban J connectivity index is 1.60. The van der Waals surface area contributed by atoms with Crippen molar-refractivity contribution in [2.24, 2.45) is 0 Å². The minimum atomic E-state index is -0.488. The number of rotatable bonds is 4. The molecule has 7 nitrogen and oxygen atoms in total. The second-order valence-electron chi connectivity index (χ2n) is 6.62. The summed E-state index contributed by atoms with van der Waals surface area (Å²) in [6, 6.07) is 11.3. The fraction of sp³-hybridized carbons (Fsp3) is 0.190. The molecule has 148 valence electrons. The third kappa shape index (κ3) is 3.56. The van der Waals surface area contributed by atoms with Crippen LogP contribution in [-0.2, 0) is 4.74 Å². The molecule has 2 amide bonds. The molecule has 1 aromatic heterocycles. The second-order valence-corrected chi connectivity index (χ2v) is 6.62. The number of cyclic esters (lactones) is 1. The molecular weight excluding hydrogens is 377 g/mol. The molecule has 1 fully saturated rings. The number of amides is 2. The van der Waals surface area contributed by atoms with Gasteiger partial charge in [0.1, 0.15) is 18.2 Å². The zero-order valence-electron chi connectivity index (χ0n) is 15.9. The zero-order chi connectivity index (χ0) is 20.5. The Morgan fingerprint density at radius 3 is 2.72 bits per heavy atom. The Kier molecular flexibility index (Phi) is 4.75. The van der Waals surface area contributed by atoms with Gasteiger partial charge < -0.3 is 14.5 Å². The van der Waals surface area contributed by atoms with Crippen LogP contribution >= 0.6 is 0 Å². The van der Waals surface area contributed by atoms with E-state index in [1.165, 1.54) is 17.0 Å². The van der Waals surface area contributed by atoms with E-state index < -0.39 is 17.8 Å². The average Bonchev–Trinajstić information content (AvgIpc) is 3.29. The molecule has 0 bridgehead atoms. The molecule has 1 aliphatic heterocycles. The van der Waals surface area contributed by atoms with E-state index in [0.717, 1.165) is 5.56 Å². The van der Waals surface area contributed by atoms with E-state index in [-0.39, 0.29) is 22.9 Å². The molecule has 0 aliphatic carbocycles. The van der Waals surface area contributed by atoms with Crippen molar-refractivity contribution in [1.82, 2.24) is 4.98 Å². The van der Waals surface area contributed by atoms with E-state index in [1.54, 1.807) is 37.3 Å². The van der Waals surface area contributed by atoms with Gasteiger partial charge >= 0.3 is 6.09 Å². The van der Waals surface area contributed by atoms with Crippen LogP contribution in [0.1, 0.15) is 21.8 Å². The molecule has 4 rings (SSSR count). The molecule has 0 spiro atoms. The normalized spacial score (nSPS) is 13.5. The molecule has 29 heavy (non-hydrogen) atoms. The fourth-order valence-electron chi connectivity index (χ4n) is 3.08. The van der Waals surface area contributed by atoms with E-state index in [9.17, 15) is 14.0 Å². The van der Waals surface area contributed by atoms with E-state index in [2.05, 4.69) is 10.3 Å². The monoisotopic (exact) mass is 395 g/mol. The van der Waals surface area contributed by atoms with E-state index >= 15 is 0 Å². The Labute approximate surface area is 166 Å². The quantitative estimate of drug-likeness (QED) is 0.712. The molecular formula is C21H18FN3O4. The third-order valence-electron chi connectivity index (χ3n) is 4.66. The topological polar surface area (TPSA) is 84.7 Å². The van der Waals surface area contributed by atoms with E-state index in [4.69, 9.17) is 9.15 Å². The Bertz CT molecular complexity index is 1110. The van der Waals surface area contributed by atoms with Crippen molar-refractivity contribution < 1.29 is 23.1 Å². The summed E-state index contributed by atoms with van der Waals surface area (Å²) in [5.74, 6) is -0.659. The number of halogens is 1. The molecule has 1 aliphatic rings. The lowest BCUT2D eigenvalue weighted by Crippen LogP contribution is -2.23. The van der Waals surface area contributed by atoms with Gasteiger partial charge in [0.2, 0.25) is 5.89 Å². The maximum Gasteiger partial charge on any atom is 0.414 e. The van der Waals surface area contributed by atoms with Crippen LogP contribution in [0.4, 0.5) is 20.6 Å². The highest BCUT2D eigenvalue weighted by atomic mass is 19.1. The maximum absolute atomic E-state index is 14.0. The van der Waals surface area contributed by atoms with Gasteiger partial charge in [0.15, 0.2) is 5.69 Å². The van der Waals surface area contributed by atoms with Crippen molar-refractivity contribution in [3.05, 3.63) is 65.3 Å². The minimum absolute atomic E-state index is 0.0380. The highest BCUT2D eigenvalue weighted by molar-refractivity contribution is 6.04.